The Kier molecular flexibility index (Phi) is 5.59. The zero-order valence-electron chi connectivity index (χ0n) is 15.0. The molecule has 0 aliphatic carbocycles. The third-order valence-electron chi connectivity index (χ3n) is 4.43. The molecule has 0 amide bonds. The van der Waals surface area contributed by atoms with Crippen LogP contribution in [0, 0.1) is 5.82 Å². The van der Waals surface area contributed by atoms with Gasteiger partial charge in [-0.2, -0.15) is 0 Å². The molecule has 1 aromatic heterocycles. The molecule has 1 aliphatic rings. The number of thiazole rings is 1. The first-order valence-corrected chi connectivity index (χ1v) is 10.9. The summed E-state index contributed by atoms with van der Waals surface area (Å²) < 4.78 is 14.1. The summed E-state index contributed by atoms with van der Waals surface area (Å²) in [6.45, 7) is 2.96. The molecule has 4 nitrogen and oxygen atoms in total. The molecule has 0 fully saturated rings. The SMILES string of the molecule is CC[C@@H]1CSC(Nc2ccc(CCNc3nc4ccc(F)cc4s3)cc2)=N1. The summed E-state index contributed by atoms with van der Waals surface area (Å²) in [7, 11) is 0. The Balaban J connectivity index is 1.29. The molecule has 27 heavy (non-hydrogen) atoms. The number of aliphatic imine (C=N–C) groups is 1. The van der Waals surface area contributed by atoms with Crippen LogP contribution in [0.1, 0.15) is 18.9 Å². The summed E-state index contributed by atoms with van der Waals surface area (Å²) >= 11 is 3.27. The van der Waals surface area contributed by atoms with Crippen molar-refractivity contribution in [2.24, 2.45) is 4.99 Å². The molecule has 4 rings (SSSR count). The Morgan fingerprint density at radius 1 is 1.19 bits per heavy atom. The van der Waals surface area contributed by atoms with E-state index in [1.807, 2.05) is 0 Å². The van der Waals surface area contributed by atoms with Crippen molar-refractivity contribution in [3.63, 3.8) is 0 Å². The van der Waals surface area contributed by atoms with E-state index >= 15 is 0 Å². The molecular weight excluding hydrogens is 379 g/mol. The van der Waals surface area contributed by atoms with E-state index in [1.165, 1.54) is 29.0 Å². The number of amidine groups is 1. The molecule has 0 spiro atoms. The second kappa shape index (κ2) is 8.27. The minimum atomic E-state index is -0.224. The summed E-state index contributed by atoms with van der Waals surface area (Å²) in [6, 6.07) is 13.6. The fourth-order valence-corrected chi connectivity index (χ4v) is 4.85. The third kappa shape index (κ3) is 4.59. The van der Waals surface area contributed by atoms with E-state index in [2.05, 4.69) is 51.8 Å². The monoisotopic (exact) mass is 400 g/mol. The lowest BCUT2D eigenvalue weighted by Crippen LogP contribution is -2.06. The van der Waals surface area contributed by atoms with E-state index in [9.17, 15) is 4.39 Å². The molecule has 3 aromatic rings. The van der Waals surface area contributed by atoms with Crippen molar-refractivity contribution in [2.45, 2.75) is 25.8 Å². The van der Waals surface area contributed by atoms with Crippen molar-refractivity contribution in [2.75, 3.05) is 22.9 Å². The molecule has 2 heterocycles. The second-order valence-electron chi connectivity index (χ2n) is 6.44. The number of nitrogens with zero attached hydrogens (tertiary/aromatic N) is 2. The van der Waals surface area contributed by atoms with Gasteiger partial charge >= 0.3 is 0 Å². The molecule has 0 radical (unpaired) electrons. The number of halogens is 1. The lowest BCUT2D eigenvalue weighted by Gasteiger charge is -2.07. The van der Waals surface area contributed by atoms with Crippen LogP contribution in [0.15, 0.2) is 47.5 Å². The Labute approximate surface area is 166 Å². The van der Waals surface area contributed by atoms with E-state index in [0.717, 1.165) is 51.3 Å². The van der Waals surface area contributed by atoms with Crippen molar-refractivity contribution in [3.8, 4) is 0 Å². The minimum absolute atomic E-state index is 0.224. The van der Waals surface area contributed by atoms with E-state index in [4.69, 9.17) is 0 Å². The fraction of sp³-hybridized carbons (Fsp3) is 0.300. The van der Waals surface area contributed by atoms with Crippen molar-refractivity contribution in [1.29, 1.82) is 0 Å². The van der Waals surface area contributed by atoms with Crippen molar-refractivity contribution >= 4 is 49.3 Å². The van der Waals surface area contributed by atoms with Gasteiger partial charge in [0.1, 0.15) is 5.82 Å². The maximum absolute atomic E-state index is 13.3. The van der Waals surface area contributed by atoms with Crippen LogP contribution in [-0.2, 0) is 6.42 Å². The Bertz CT molecular complexity index is 952. The first-order valence-electron chi connectivity index (χ1n) is 9.06. The first-order chi connectivity index (χ1) is 13.2. The average Bonchev–Trinajstić information content (AvgIpc) is 3.29. The number of fused-ring (bicyclic) bond motifs is 1. The standard InChI is InChI=1S/C20H21FN4S2/c1-2-15-12-26-20(23-15)24-16-6-3-13(4-7-16)9-10-22-19-25-17-8-5-14(21)11-18(17)27-19/h3-8,11,15H,2,9-10,12H2,1H3,(H,22,25)(H,23,24)/t15-/m1/s1. The van der Waals surface area contributed by atoms with Gasteiger partial charge in [-0.1, -0.05) is 42.2 Å². The summed E-state index contributed by atoms with van der Waals surface area (Å²) in [5.41, 5.74) is 3.16. The largest absolute Gasteiger partial charge is 0.361 e. The zero-order chi connectivity index (χ0) is 18.6. The van der Waals surface area contributed by atoms with Gasteiger partial charge in [-0.25, -0.2) is 9.37 Å². The predicted molar refractivity (Wildman–Crippen MR) is 116 cm³/mol. The highest BCUT2D eigenvalue weighted by Gasteiger charge is 2.16. The number of nitrogens with one attached hydrogen (secondary N) is 2. The maximum Gasteiger partial charge on any atom is 0.183 e. The average molecular weight is 401 g/mol. The van der Waals surface area contributed by atoms with Crippen LogP contribution in [0.5, 0.6) is 0 Å². The number of hydrogen-bond donors (Lipinski definition) is 2. The fourth-order valence-electron chi connectivity index (χ4n) is 2.86. The third-order valence-corrected chi connectivity index (χ3v) is 6.44. The van der Waals surface area contributed by atoms with Crippen LogP contribution in [0.25, 0.3) is 10.2 Å². The molecule has 2 aromatic carbocycles. The lowest BCUT2D eigenvalue weighted by atomic mass is 10.1. The van der Waals surface area contributed by atoms with Crippen LogP contribution < -0.4 is 10.6 Å². The van der Waals surface area contributed by atoms with Crippen LogP contribution in [0.4, 0.5) is 15.2 Å². The summed E-state index contributed by atoms with van der Waals surface area (Å²) in [5.74, 6) is 0.847. The highest BCUT2D eigenvalue weighted by Crippen LogP contribution is 2.26. The normalized spacial score (nSPS) is 16.5. The van der Waals surface area contributed by atoms with Crippen molar-refractivity contribution in [3.05, 3.63) is 53.8 Å². The number of benzene rings is 2. The number of anilines is 2. The van der Waals surface area contributed by atoms with Crippen molar-refractivity contribution < 1.29 is 4.39 Å². The van der Waals surface area contributed by atoms with Gasteiger partial charge in [0.2, 0.25) is 0 Å². The van der Waals surface area contributed by atoms with Crippen molar-refractivity contribution in [1.82, 2.24) is 4.98 Å². The highest BCUT2D eigenvalue weighted by atomic mass is 32.2. The van der Waals surface area contributed by atoms with Crippen LogP contribution in [0.3, 0.4) is 0 Å². The number of aromatic nitrogens is 1. The summed E-state index contributed by atoms with van der Waals surface area (Å²) in [5, 5.41) is 8.57. The molecule has 1 atom stereocenters. The summed E-state index contributed by atoms with van der Waals surface area (Å²) in [4.78, 5) is 9.14. The highest BCUT2D eigenvalue weighted by molar-refractivity contribution is 8.14. The molecule has 140 valence electrons. The van der Waals surface area contributed by atoms with Crippen LogP contribution in [-0.4, -0.2) is 28.5 Å². The second-order valence-corrected chi connectivity index (χ2v) is 8.48. The van der Waals surface area contributed by atoms with Gasteiger partial charge < -0.3 is 10.6 Å². The van der Waals surface area contributed by atoms with E-state index in [-0.39, 0.29) is 5.82 Å². The number of thioether (sulfide) groups is 1. The van der Waals surface area contributed by atoms with Crippen LogP contribution >= 0.6 is 23.1 Å². The lowest BCUT2D eigenvalue weighted by molar-refractivity contribution is 0.630. The Morgan fingerprint density at radius 3 is 2.81 bits per heavy atom. The quantitative estimate of drug-likeness (QED) is 0.583. The minimum Gasteiger partial charge on any atom is -0.361 e. The molecule has 7 heteroatoms. The van der Waals surface area contributed by atoms with Gasteiger partial charge in [-0.3, -0.25) is 4.99 Å². The predicted octanol–water partition coefficient (Wildman–Crippen LogP) is 5.38. The Hall–Kier alpha value is -2.12. The summed E-state index contributed by atoms with van der Waals surface area (Å²) in [6.07, 6.45) is 1.99. The van der Waals surface area contributed by atoms with Gasteiger partial charge in [-0.15, -0.1) is 0 Å². The topological polar surface area (TPSA) is 49.3 Å². The smallest absolute Gasteiger partial charge is 0.183 e. The molecule has 0 bridgehead atoms. The van der Waals surface area contributed by atoms with Gasteiger partial charge in [-0.05, 0) is 48.7 Å². The molecule has 1 aliphatic heterocycles. The molecule has 0 saturated heterocycles. The number of hydrogen-bond acceptors (Lipinski definition) is 6. The first kappa shape index (κ1) is 18.3. The van der Waals surface area contributed by atoms with E-state index in [1.54, 1.807) is 17.8 Å². The van der Waals surface area contributed by atoms with E-state index < -0.39 is 0 Å². The maximum atomic E-state index is 13.3. The number of rotatable bonds is 6. The van der Waals surface area contributed by atoms with E-state index in [0.29, 0.717) is 6.04 Å². The zero-order valence-corrected chi connectivity index (χ0v) is 16.7. The van der Waals surface area contributed by atoms with Gasteiger partial charge in [0.25, 0.3) is 0 Å². The molecule has 0 unspecified atom stereocenters. The Morgan fingerprint density at radius 2 is 2.04 bits per heavy atom. The molecular formula is C20H21FN4S2. The molecule has 0 saturated carbocycles. The van der Waals surface area contributed by atoms with Gasteiger partial charge in [0.05, 0.1) is 16.3 Å². The van der Waals surface area contributed by atoms with Crippen LogP contribution in [0.2, 0.25) is 0 Å². The van der Waals surface area contributed by atoms with Gasteiger partial charge in [0, 0.05) is 18.0 Å². The van der Waals surface area contributed by atoms with Gasteiger partial charge in [0.15, 0.2) is 10.3 Å². The molecule has 2 N–H and O–H groups in total.